The number of methoxy groups -OCH3 is 1. The minimum absolute atomic E-state index is 0.201. The Kier molecular flexibility index (Phi) is 4.61. The second-order valence-corrected chi connectivity index (χ2v) is 5.19. The molecule has 1 heterocycles. The molecule has 126 valence electrons. The zero-order valence-electron chi connectivity index (χ0n) is 13.7. The van der Waals surface area contributed by atoms with E-state index in [9.17, 15) is 9.59 Å². The summed E-state index contributed by atoms with van der Waals surface area (Å²) in [6.45, 7) is 1.32. The van der Waals surface area contributed by atoms with Gasteiger partial charge in [0.05, 0.1) is 18.0 Å². The number of carbonyl (C=O) groups is 1. The fourth-order valence-electron chi connectivity index (χ4n) is 2.30. The zero-order chi connectivity index (χ0) is 17.8. The Morgan fingerprint density at radius 3 is 2.68 bits per heavy atom. The first kappa shape index (κ1) is 16.4. The fourth-order valence-corrected chi connectivity index (χ4v) is 2.30. The predicted molar refractivity (Wildman–Crippen MR) is 93.5 cm³/mol. The van der Waals surface area contributed by atoms with Crippen molar-refractivity contribution in [3.63, 3.8) is 0 Å². The smallest absolute Gasteiger partial charge is 0.347 e. The lowest BCUT2D eigenvalue weighted by Gasteiger charge is -2.08. The van der Waals surface area contributed by atoms with Crippen LogP contribution in [0.4, 0.5) is 0 Å². The maximum atomic E-state index is 11.9. The number of para-hydroxylation sites is 1. The van der Waals surface area contributed by atoms with Gasteiger partial charge >= 0.3 is 11.6 Å². The molecular weight excluding hydrogens is 322 g/mol. The number of hydrogen-bond acceptors (Lipinski definition) is 6. The van der Waals surface area contributed by atoms with Crippen molar-refractivity contribution in [3.05, 3.63) is 64.3 Å². The second-order valence-electron chi connectivity index (χ2n) is 5.19. The van der Waals surface area contributed by atoms with E-state index in [0.29, 0.717) is 22.4 Å². The van der Waals surface area contributed by atoms with Gasteiger partial charge in [0.15, 0.2) is 11.5 Å². The Labute approximate surface area is 143 Å². The van der Waals surface area contributed by atoms with Crippen LogP contribution in [0.25, 0.3) is 23.1 Å². The van der Waals surface area contributed by atoms with Crippen LogP contribution in [-0.2, 0) is 4.79 Å². The first-order chi connectivity index (χ1) is 12.1. The summed E-state index contributed by atoms with van der Waals surface area (Å²) in [6, 6.07) is 12.1. The highest BCUT2D eigenvalue weighted by Gasteiger charge is 2.07. The van der Waals surface area contributed by atoms with E-state index in [0.717, 1.165) is 5.56 Å². The van der Waals surface area contributed by atoms with Crippen LogP contribution >= 0.6 is 0 Å². The molecule has 3 rings (SSSR count). The molecule has 0 aliphatic rings. The van der Waals surface area contributed by atoms with Crippen LogP contribution < -0.4 is 15.1 Å². The Bertz CT molecular complexity index is 1020. The van der Waals surface area contributed by atoms with E-state index in [4.69, 9.17) is 13.9 Å². The topological polar surface area (TPSA) is 78.6 Å². The average Bonchev–Trinajstić information content (AvgIpc) is 2.60. The zero-order valence-corrected chi connectivity index (χ0v) is 13.7. The summed E-state index contributed by atoms with van der Waals surface area (Å²) in [6.07, 6.45) is 3.31. The molecule has 2 aromatic carbocycles. The third kappa shape index (κ3) is 3.74. The van der Waals surface area contributed by atoms with Gasteiger partial charge in [-0.25, -0.2) is 9.78 Å². The maximum Gasteiger partial charge on any atom is 0.347 e. The Hall–Kier alpha value is -3.41. The first-order valence-corrected chi connectivity index (χ1v) is 7.51. The number of esters is 1. The summed E-state index contributed by atoms with van der Waals surface area (Å²) in [5.41, 5.74) is 0.902. The van der Waals surface area contributed by atoms with Crippen molar-refractivity contribution in [2.75, 3.05) is 7.11 Å². The summed E-state index contributed by atoms with van der Waals surface area (Å²) >= 11 is 0. The van der Waals surface area contributed by atoms with E-state index in [1.807, 2.05) is 0 Å². The number of fused-ring (bicyclic) bond motifs is 1. The van der Waals surface area contributed by atoms with Gasteiger partial charge in [-0.15, -0.1) is 0 Å². The van der Waals surface area contributed by atoms with Crippen LogP contribution in [0.2, 0.25) is 0 Å². The molecule has 0 saturated carbocycles. The highest BCUT2D eigenvalue weighted by Crippen LogP contribution is 2.28. The summed E-state index contributed by atoms with van der Waals surface area (Å²) in [4.78, 5) is 27.3. The van der Waals surface area contributed by atoms with Gasteiger partial charge in [-0.3, -0.25) is 4.79 Å². The quantitative estimate of drug-likeness (QED) is 0.537. The standard InChI is InChI=1S/C19H15NO5/c1-12(21)24-16-9-7-13(11-17(16)23-2)8-10-18-20-15-6-4-3-5-14(15)19(22)25-18/h3-11H,1-2H3/b10-8+. The number of benzene rings is 2. The molecule has 0 spiro atoms. The lowest BCUT2D eigenvalue weighted by Crippen LogP contribution is -2.03. The van der Waals surface area contributed by atoms with Gasteiger partial charge in [0, 0.05) is 13.0 Å². The highest BCUT2D eigenvalue weighted by molar-refractivity contribution is 5.78. The molecule has 6 nitrogen and oxygen atoms in total. The van der Waals surface area contributed by atoms with Crippen molar-refractivity contribution in [1.29, 1.82) is 0 Å². The molecule has 0 bridgehead atoms. The highest BCUT2D eigenvalue weighted by atomic mass is 16.6. The molecule has 0 aliphatic carbocycles. The van der Waals surface area contributed by atoms with Crippen molar-refractivity contribution in [2.24, 2.45) is 0 Å². The van der Waals surface area contributed by atoms with E-state index in [1.165, 1.54) is 14.0 Å². The SMILES string of the molecule is COc1cc(/C=C/c2nc3ccccc3c(=O)o2)ccc1OC(C)=O. The van der Waals surface area contributed by atoms with Gasteiger partial charge in [0.2, 0.25) is 5.89 Å². The second kappa shape index (κ2) is 7.00. The molecular formula is C19H15NO5. The first-order valence-electron chi connectivity index (χ1n) is 7.51. The number of hydrogen-bond donors (Lipinski definition) is 0. The number of nitrogens with zero attached hydrogens (tertiary/aromatic N) is 1. The molecule has 0 saturated heterocycles. The third-order valence-corrected chi connectivity index (χ3v) is 3.41. The van der Waals surface area contributed by atoms with Crippen LogP contribution in [0, 0.1) is 0 Å². The van der Waals surface area contributed by atoms with Gasteiger partial charge in [0.25, 0.3) is 0 Å². The summed E-state index contributed by atoms with van der Waals surface area (Å²) in [5.74, 6) is 0.531. The van der Waals surface area contributed by atoms with E-state index in [2.05, 4.69) is 4.98 Å². The van der Waals surface area contributed by atoms with Gasteiger partial charge in [-0.05, 0) is 35.9 Å². The molecule has 3 aromatic rings. The number of rotatable bonds is 4. The van der Waals surface area contributed by atoms with E-state index >= 15 is 0 Å². The third-order valence-electron chi connectivity index (χ3n) is 3.41. The molecule has 0 N–H and O–H groups in total. The summed E-state index contributed by atoms with van der Waals surface area (Å²) < 4.78 is 15.5. The molecule has 0 atom stereocenters. The summed E-state index contributed by atoms with van der Waals surface area (Å²) in [7, 11) is 1.49. The summed E-state index contributed by atoms with van der Waals surface area (Å²) in [5, 5.41) is 0.437. The molecule has 0 aliphatic heterocycles. The van der Waals surface area contributed by atoms with Gasteiger partial charge in [-0.2, -0.15) is 0 Å². The predicted octanol–water partition coefficient (Wildman–Crippen LogP) is 3.29. The molecule has 0 amide bonds. The van der Waals surface area contributed by atoms with Crippen LogP contribution in [0.15, 0.2) is 51.7 Å². The minimum Gasteiger partial charge on any atom is -0.493 e. The van der Waals surface area contributed by atoms with Crippen molar-refractivity contribution >= 4 is 29.0 Å². The minimum atomic E-state index is -0.437. The normalized spacial score (nSPS) is 11.0. The largest absolute Gasteiger partial charge is 0.493 e. The van der Waals surface area contributed by atoms with Gasteiger partial charge in [-0.1, -0.05) is 18.2 Å². The average molecular weight is 337 g/mol. The van der Waals surface area contributed by atoms with Crippen molar-refractivity contribution < 1.29 is 18.7 Å². The van der Waals surface area contributed by atoms with Crippen LogP contribution in [0.3, 0.4) is 0 Å². The van der Waals surface area contributed by atoms with Crippen molar-refractivity contribution in [2.45, 2.75) is 6.92 Å². The Balaban J connectivity index is 1.91. The molecule has 0 radical (unpaired) electrons. The lowest BCUT2D eigenvalue weighted by molar-refractivity contribution is -0.132. The fraction of sp³-hybridized carbons (Fsp3) is 0.105. The van der Waals surface area contributed by atoms with Crippen LogP contribution in [-0.4, -0.2) is 18.1 Å². The number of aromatic nitrogens is 1. The van der Waals surface area contributed by atoms with Crippen molar-refractivity contribution in [3.8, 4) is 11.5 Å². The molecule has 0 fully saturated rings. The van der Waals surface area contributed by atoms with Crippen LogP contribution in [0.1, 0.15) is 18.4 Å². The van der Waals surface area contributed by atoms with E-state index < -0.39 is 11.6 Å². The van der Waals surface area contributed by atoms with Crippen molar-refractivity contribution in [1.82, 2.24) is 4.98 Å². The Morgan fingerprint density at radius 1 is 1.12 bits per heavy atom. The van der Waals surface area contributed by atoms with Gasteiger partial charge < -0.3 is 13.9 Å². The lowest BCUT2D eigenvalue weighted by atomic mass is 10.2. The van der Waals surface area contributed by atoms with E-state index in [-0.39, 0.29) is 5.89 Å². The van der Waals surface area contributed by atoms with E-state index in [1.54, 1.807) is 54.6 Å². The maximum absolute atomic E-state index is 11.9. The van der Waals surface area contributed by atoms with Crippen LogP contribution in [0.5, 0.6) is 11.5 Å². The number of ether oxygens (including phenoxy) is 2. The molecule has 25 heavy (non-hydrogen) atoms. The number of carbonyl (C=O) groups excluding carboxylic acids is 1. The molecule has 1 aromatic heterocycles. The molecule has 0 unspecified atom stereocenters. The monoisotopic (exact) mass is 337 g/mol. The molecule has 6 heteroatoms. The van der Waals surface area contributed by atoms with Gasteiger partial charge in [0.1, 0.15) is 0 Å². The Morgan fingerprint density at radius 2 is 1.92 bits per heavy atom.